The molecule has 2 atom stereocenters. The molecule has 0 aromatic heterocycles. The summed E-state index contributed by atoms with van der Waals surface area (Å²) in [7, 11) is 0. The Labute approximate surface area is 129 Å². The SMILES string of the molecule is CC(=O)N1C[C@@H](CC(=O)O)N(C(=O)c2ccccc2)C[C@@H]1C. The van der Waals surface area contributed by atoms with Crippen molar-refractivity contribution in [3.8, 4) is 0 Å². The lowest BCUT2D eigenvalue weighted by Crippen LogP contribution is -2.60. The molecule has 1 aliphatic rings. The molecule has 6 heteroatoms. The van der Waals surface area contributed by atoms with Gasteiger partial charge in [0.15, 0.2) is 0 Å². The van der Waals surface area contributed by atoms with Gasteiger partial charge in [0.1, 0.15) is 0 Å². The molecular weight excluding hydrogens is 284 g/mol. The first kappa shape index (κ1) is 16.0. The van der Waals surface area contributed by atoms with Gasteiger partial charge in [-0.2, -0.15) is 0 Å². The predicted molar refractivity (Wildman–Crippen MR) is 80.4 cm³/mol. The fourth-order valence-electron chi connectivity index (χ4n) is 2.85. The van der Waals surface area contributed by atoms with Crippen molar-refractivity contribution >= 4 is 17.8 Å². The summed E-state index contributed by atoms with van der Waals surface area (Å²) >= 11 is 0. The maximum atomic E-state index is 12.6. The number of aliphatic carboxylic acids is 1. The van der Waals surface area contributed by atoms with Gasteiger partial charge in [-0.1, -0.05) is 18.2 Å². The maximum absolute atomic E-state index is 12.6. The quantitative estimate of drug-likeness (QED) is 0.911. The molecule has 0 aliphatic carbocycles. The summed E-state index contributed by atoms with van der Waals surface area (Å²) in [6.07, 6.45) is -0.172. The average molecular weight is 304 g/mol. The van der Waals surface area contributed by atoms with Crippen LogP contribution in [-0.4, -0.2) is 57.9 Å². The monoisotopic (exact) mass is 304 g/mol. The van der Waals surface area contributed by atoms with Crippen molar-refractivity contribution in [2.24, 2.45) is 0 Å². The van der Waals surface area contributed by atoms with Crippen LogP contribution >= 0.6 is 0 Å². The minimum Gasteiger partial charge on any atom is -0.481 e. The van der Waals surface area contributed by atoms with Crippen molar-refractivity contribution in [2.45, 2.75) is 32.4 Å². The van der Waals surface area contributed by atoms with E-state index in [4.69, 9.17) is 5.11 Å². The standard InChI is InChI=1S/C16H20N2O4/c1-11-9-18(16(22)13-6-4-3-5-7-13)14(8-15(20)21)10-17(11)12(2)19/h3-7,11,14H,8-10H2,1-2H3,(H,20,21)/t11-,14+/m0/s1. The number of piperazine rings is 1. The van der Waals surface area contributed by atoms with Gasteiger partial charge in [-0.15, -0.1) is 0 Å². The Balaban J connectivity index is 2.25. The first-order valence-electron chi connectivity index (χ1n) is 7.25. The zero-order chi connectivity index (χ0) is 16.3. The number of carboxylic acid groups (broad SMARTS) is 1. The number of benzene rings is 1. The van der Waals surface area contributed by atoms with Gasteiger partial charge in [-0.05, 0) is 19.1 Å². The highest BCUT2D eigenvalue weighted by atomic mass is 16.4. The predicted octanol–water partition coefficient (Wildman–Crippen LogP) is 1.22. The average Bonchev–Trinajstić information content (AvgIpc) is 2.48. The van der Waals surface area contributed by atoms with Crippen molar-refractivity contribution in [3.63, 3.8) is 0 Å². The van der Waals surface area contributed by atoms with Crippen LogP contribution < -0.4 is 0 Å². The largest absolute Gasteiger partial charge is 0.481 e. The van der Waals surface area contributed by atoms with E-state index in [9.17, 15) is 14.4 Å². The van der Waals surface area contributed by atoms with Gasteiger partial charge in [-0.25, -0.2) is 0 Å². The Morgan fingerprint density at radius 3 is 2.32 bits per heavy atom. The van der Waals surface area contributed by atoms with Gasteiger partial charge in [0.25, 0.3) is 5.91 Å². The van der Waals surface area contributed by atoms with Crippen LogP contribution in [0.4, 0.5) is 0 Å². The van der Waals surface area contributed by atoms with Crippen molar-refractivity contribution in [1.29, 1.82) is 0 Å². The van der Waals surface area contributed by atoms with E-state index in [0.29, 0.717) is 12.1 Å². The second-order valence-corrected chi connectivity index (χ2v) is 5.60. The smallest absolute Gasteiger partial charge is 0.305 e. The van der Waals surface area contributed by atoms with E-state index >= 15 is 0 Å². The third-order valence-corrected chi connectivity index (χ3v) is 3.94. The molecule has 1 N–H and O–H groups in total. The Bertz CT molecular complexity index is 573. The number of carbonyl (C=O) groups is 3. The topological polar surface area (TPSA) is 77.9 Å². The van der Waals surface area contributed by atoms with Crippen molar-refractivity contribution in [2.75, 3.05) is 13.1 Å². The fraction of sp³-hybridized carbons (Fsp3) is 0.438. The normalized spacial score (nSPS) is 21.5. The first-order chi connectivity index (χ1) is 10.4. The Hall–Kier alpha value is -2.37. The minimum atomic E-state index is -0.978. The van der Waals surface area contributed by atoms with Gasteiger partial charge in [0, 0.05) is 31.6 Å². The summed E-state index contributed by atoms with van der Waals surface area (Å²) in [4.78, 5) is 38.6. The van der Waals surface area contributed by atoms with E-state index in [1.165, 1.54) is 6.92 Å². The molecule has 22 heavy (non-hydrogen) atoms. The van der Waals surface area contributed by atoms with E-state index in [1.807, 2.05) is 13.0 Å². The molecule has 0 bridgehead atoms. The Morgan fingerprint density at radius 1 is 1.14 bits per heavy atom. The molecule has 1 saturated heterocycles. The Kier molecular flexibility index (Phi) is 4.80. The van der Waals surface area contributed by atoms with Crippen LogP contribution in [0.25, 0.3) is 0 Å². The Morgan fingerprint density at radius 2 is 1.77 bits per heavy atom. The van der Waals surface area contributed by atoms with Gasteiger partial charge >= 0.3 is 5.97 Å². The molecule has 2 amide bonds. The number of carbonyl (C=O) groups excluding carboxylic acids is 2. The number of rotatable bonds is 3. The highest BCUT2D eigenvalue weighted by Crippen LogP contribution is 2.20. The zero-order valence-electron chi connectivity index (χ0n) is 12.7. The maximum Gasteiger partial charge on any atom is 0.305 e. The number of hydrogen-bond donors (Lipinski definition) is 1. The van der Waals surface area contributed by atoms with Crippen LogP contribution in [0.1, 0.15) is 30.6 Å². The van der Waals surface area contributed by atoms with Crippen LogP contribution in [0.2, 0.25) is 0 Å². The highest BCUT2D eigenvalue weighted by molar-refractivity contribution is 5.95. The van der Waals surface area contributed by atoms with Gasteiger partial charge in [0.2, 0.25) is 5.91 Å². The van der Waals surface area contributed by atoms with Crippen molar-refractivity contribution in [1.82, 2.24) is 9.80 Å². The molecular formula is C16H20N2O4. The lowest BCUT2D eigenvalue weighted by molar-refractivity contribution is -0.142. The third kappa shape index (κ3) is 3.44. The van der Waals surface area contributed by atoms with Crippen LogP contribution in [-0.2, 0) is 9.59 Å². The highest BCUT2D eigenvalue weighted by Gasteiger charge is 2.36. The molecule has 1 fully saturated rings. The van der Waals surface area contributed by atoms with Gasteiger partial charge < -0.3 is 14.9 Å². The van der Waals surface area contributed by atoms with Crippen LogP contribution in [0.15, 0.2) is 30.3 Å². The lowest BCUT2D eigenvalue weighted by atomic mass is 10.0. The molecule has 1 heterocycles. The molecule has 118 valence electrons. The van der Waals surface area contributed by atoms with E-state index in [2.05, 4.69) is 0 Å². The van der Waals surface area contributed by atoms with Crippen LogP contribution in [0, 0.1) is 0 Å². The summed E-state index contributed by atoms with van der Waals surface area (Å²) in [5.41, 5.74) is 0.529. The second kappa shape index (κ2) is 6.60. The van der Waals surface area contributed by atoms with Gasteiger partial charge in [0.05, 0.1) is 12.5 Å². The van der Waals surface area contributed by atoms with E-state index in [-0.39, 0.29) is 30.8 Å². The van der Waals surface area contributed by atoms with Gasteiger partial charge in [-0.3, -0.25) is 14.4 Å². The molecule has 2 rings (SSSR count). The molecule has 6 nitrogen and oxygen atoms in total. The number of amides is 2. The fourth-order valence-corrected chi connectivity index (χ4v) is 2.85. The molecule has 0 unspecified atom stereocenters. The molecule has 0 radical (unpaired) electrons. The number of hydrogen-bond acceptors (Lipinski definition) is 3. The summed E-state index contributed by atoms with van der Waals surface area (Å²) in [5, 5.41) is 9.09. The molecule has 1 aromatic carbocycles. The minimum absolute atomic E-state index is 0.102. The zero-order valence-corrected chi connectivity index (χ0v) is 12.7. The summed E-state index contributed by atoms with van der Waals surface area (Å²) in [5.74, 6) is -1.27. The molecule has 1 aliphatic heterocycles. The first-order valence-corrected chi connectivity index (χ1v) is 7.25. The van der Waals surface area contributed by atoms with Crippen molar-refractivity contribution in [3.05, 3.63) is 35.9 Å². The summed E-state index contributed by atoms with van der Waals surface area (Å²) < 4.78 is 0. The van der Waals surface area contributed by atoms with Crippen molar-refractivity contribution < 1.29 is 19.5 Å². The summed E-state index contributed by atoms with van der Waals surface area (Å²) in [6, 6.07) is 8.15. The summed E-state index contributed by atoms with van der Waals surface area (Å²) in [6.45, 7) is 3.92. The molecule has 1 aromatic rings. The van der Waals surface area contributed by atoms with E-state index < -0.39 is 12.0 Å². The van der Waals surface area contributed by atoms with E-state index in [0.717, 1.165) is 0 Å². The number of nitrogens with zero attached hydrogens (tertiary/aromatic N) is 2. The molecule has 0 saturated carbocycles. The number of carboxylic acids is 1. The molecule has 0 spiro atoms. The third-order valence-electron chi connectivity index (χ3n) is 3.94. The van der Waals surface area contributed by atoms with Crippen LogP contribution in [0.3, 0.4) is 0 Å². The lowest BCUT2D eigenvalue weighted by Gasteiger charge is -2.44. The van der Waals surface area contributed by atoms with E-state index in [1.54, 1.807) is 34.1 Å². The van der Waals surface area contributed by atoms with Crippen LogP contribution in [0.5, 0.6) is 0 Å². The second-order valence-electron chi connectivity index (χ2n) is 5.60.